The first-order chi connectivity index (χ1) is 12.8. The van der Waals surface area contributed by atoms with Crippen molar-refractivity contribution in [2.45, 2.75) is 17.2 Å². The third-order valence-corrected chi connectivity index (χ3v) is 4.83. The molecule has 5 nitrogen and oxygen atoms in total. The fourth-order valence-electron chi connectivity index (χ4n) is 2.40. The van der Waals surface area contributed by atoms with Crippen molar-refractivity contribution in [1.82, 2.24) is 9.55 Å². The van der Waals surface area contributed by atoms with Crippen molar-refractivity contribution in [3.8, 4) is 0 Å². The molecular formula is C17H11ClF3N3O2S. The quantitative estimate of drug-likeness (QED) is 0.638. The molecule has 0 unspecified atom stereocenters. The van der Waals surface area contributed by atoms with Crippen molar-refractivity contribution in [1.29, 1.82) is 0 Å². The lowest BCUT2D eigenvalue weighted by molar-refractivity contribution is -0.116. The van der Waals surface area contributed by atoms with E-state index in [1.165, 1.54) is 30.3 Å². The first-order valence-electron chi connectivity index (χ1n) is 7.53. The van der Waals surface area contributed by atoms with E-state index in [0.29, 0.717) is 5.52 Å². The predicted molar refractivity (Wildman–Crippen MR) is 97.9 cm³/mol. The largest absolute Gasteiger partial charge is 0.323 e. The summed E-state index contributed by atoms with van der Waals surface area (Å²) in [5, 5.41) is 2.55. The Labute approximate surface area is 160 Å². The van der Waals surface area contributed by atoms with Crippen molar-refractivity contribution < 1.29 is 18.0 Å². The van der Waals surface area contributed by atoms with E-state index in [0.717, 1.165) is 17.0 Å². The second-order valence-corrected chi connectivity index (χ2v) is 6.79. The number of carbonyl (C=O) groups excluding carboxylic acids is 1. The Kier molecular flexibility index (Phi) is 5.71. The number of rotatable bonds is 5. The number of nitrogens with one attached hydrogen (secondary N) is 1. The van der Waals surface area contributed by atoms with Crippen LogP contribution in [0.5, 0.6) is 0 Å². The number of alkyl halides is 2. The van der Waals surface area contributed by atoms with Gasteiger partial charge in [0, 0.05) is 0 Å². The average Bonchev–Trinajstić information content (AvgIpc) is 2.60. The van der Waals surface area contributed by atoms with Crippen molar-refractivity contribution in [2.75, 3.05) is 5.32 Å². The molecule has 1 heterocycles. The predicted octanol–water partition coefficient (Wildman–Crippen LogP) is 4.14. The number of fused-ring (bicyclic) bond motifs is 1. The standard InChI is InChI=1S/C17H11ClF3N3O2S/c18-11-2-1-3-13(15(11)27-17(20)21)23-14(25)7-24-8-22-12-5-4-9(19)6-10(12)16(24)26/h1-6,8,17H,7H2,(H,23,25). The molecule has 0 bridgehead atoms. The van der Waals surface area contributed by atoms with Crippen LogP contribution < -0.4 is 10.9 Å². The van der Waals surface area contributed by atoms with Crippen molar-refractivity contribution in [3.05, 3.63) is 63.9 Å². The minimum atomic E-state index is -2.72. The molecule has 0 atom stereocenters. The van der Waals surface area contributed by atoms with E-state index in [4.69, 9.17) is 11.6 Å². The van der Waals surface area contributed by atoms with Gasteiger partial charge >= 0.3 is 0 Å². The Bertz CT molecular complexity index is 1070. The first kappa shape index (κ1) is 19.2. The van der Waals surface area contributed by atoms with Crippen LogP contribution in [-0.4, -0.2) is 21.2 Å². The number of amides is 1. The van der Waals surface area contributed by atoms with Crippen LogP contribution in [0.25, 0.3) is 10.9 Å². The molecule has 0 saturated carbocycles. The maximum Gasteiger partial charge on any atom is 0.289 e. The van der Waals surface area contributed by atoms with Crippen LogP contribution in [0.15, 0.2) is 52.4 Å². The van der Waals surface area contributed by atoms with Gasteiger partial charge in [-0.05, 0) is 30.3 Å². The number of hydrogen-bond acceptors (Lipinski definition) is 4. The molecule has 0 aliphatic rings. The molecular weight excluding hydrogens is 403 g/mol. The zero-order chi connectivity index (χ0) is 19.6. The molecule has 0 aliphatic heterocycles. The summed E-state index contributed by atoms with van der Waals surface area (Å²) in [7, 11) is 0. The number of hydrogen-bond donors (Lipinski definition) is 1. The third kappa shape index (κ3) is 4.42. The summed E-state index contributed by atoms with van der Waals surface area (Å²) in [4.78, 5) is 28.7. The summed E-state index contributed by atoms with van der Waals surface area (Å²) >= 11 is 6.12. The Hall–Kier alpha value is -2.52. The van der Waals surface area contributed by atoms with Gasteiger partial charge in [-0.1, -0.05) is 29.4 Å². The molecule has 1 amide bonds. The lowest BCUT2D eigenvalue weighted by Crippen LogP contribution is -2.28. The van der Waals surface area contributed by atoms with Crippen molar-refractivity contribution in [3.63, 3.8) is 0 Å². The number of thioether (sulfide) groups is 1. The van der Waals surface area contributed by atoms with E-state index in [1.54, 1.807) is 0 Å². The van der Waals surface area contributed by atoms with Gasteiger partial charge < -0.3 is 5.32 Å². The van der Waals surface area contributed by atoms with E-state index in [1.807, 2.05) is 0 Å². The first-order valence-corrected chi connectivity index (χ1v) is 8.79. The second kappa shape index (κ2) is 8.01. The normalized spacial score (nSPS) is 11.1. The number of carbonyl (C=O) groups is 1. The minimum absolute atomic E-state index is 0.0218. The lowest BCUT2D eigenvalue weighted by atomic mass is 10.2. The average molecular weight is 414 g/mol. The summed E-state index contributed by atoms with van der Waals surface area (Å²) in [5.41, 5.74) is -0.197. The zero-order valence-corrected chi connectivity index (χ0v) is 15.0. The number of anilines is 1. The number of aromatic nitrogens is 2. The topological polar surface area (TPSA) is 64.0 Å². The Balaban J connectivity index is 1.85. The zero-order valence-electron chi connectivity index (χ0n) is 13.5. The number of benzene rings is 2. The molecule has 3 rings (SSSR count). The van der Waals surface area contributed by atoms with Crippen molar-refractivity contribution in [2.24, 2.45) is 0 Å². The fourth-order valence-corrected chi connectivity index (χ4v) is 3.32. The molecule has 1 N–H and O–H groups in total. The van der Waals surface area contributed by atoms with Crippen LogP contribution >= 0.6 is 23.4 Å². The highest BCUT2D eigenvalue weighted by atomic mass is 35.5. The SMILES string of the molecule is O=C(Cn1cnc2ccc(F)cc2c1=O)Nc1cccc(Cl)c1SC(F)F. The molecule has 0 fully saturated rings. The Morgan fingerprint density at radius 3 is 2.81 bits per heavy atom. The fraction of sp³-hybridized carbons (Fsp3) is 0.118. The monoisotopic (exact) mass is 413 g/mol. The molecule has 2 aromatic carbocycles. The highest BCUT2D eigenvalue weighted by molar-refractivity contribution is 7.99. The summed E-state index contributed by atoms with van der Waals surface area (Å²) in [5.74, 6) is -3.97. The maximum absolute atomic E-state index is 13.4. The van der Waals surface area contributed by atoms with E-state index >= 15 is 0 Å². The second-order valence-electron chi connectivity index (χ2n) is 5.38. The molecule has 0 radical (unpaired) electrons. The van der Waals surface area contributed by atoms with Crippen LogP contribution in [0, 0.1) is 5.82 Å². The number of nitrogens with zero attached hydrogens (tertiary/aromatic N) is 2. The van der Waals surface area contributed by atoms with Gasteiger partial charge in [-0.2, -0.15) is 8.78 Å². The van der Waals surface area contributed by atoms with Crippen LogP contribution in [0.2, 0.25) is 5.02 Å². The Morgan fingerprint density at radius 2 is 2.07 bits per heavy atom. The van der Waals surface area contributed by atoms with Crippen LogP contribution in [0.3, 0.4) is 0 Å². The Morgan fingerprint density at radius 1 is 1.30 bits per heavy atom. The molecule has 3 aromatic rings. The van der Waals surface area contributed by atoms with Crippen LogP contribution in [0.1, 0.15) is 0 Å². The minimum Gasteiger partial charge on any atom is -0.323 e. The van der Waals surface area contributed by atoms with Crippen LogP contribution in [-0.2, 0) is 11.3 Å². The summed E-state index contributed by atoms with van der Waals surface area (Å²) in [6.45, 7) is -0.427. The summed E-state index contributed by atoms with van der Waals surface area (Å²) in [6.07, 6.45) is 1.16. The molecule has 0 spiro atoms. The highest BCUT2D eigenvalue weighted by Crippen LogP contribution is 2.37. The van der Waals surface area contributed by atoms with E-state index in [-0.39, 0.29) is 32.8 Å². The van der Waals surface area contributed by atoms with Gasteiger partial charge in [0.2, 0.25) is 5.91 Å². The van der Waals surface area contributed by atoms with Gasteiger partial charge in [0.05, 0.1) is 32.8 Å². The third-order valence-electron chi connectivity index (χ3n) is 3.55. The number of halogens is 4. The summed E-state index contributed by atoms with van der Waals surface area (Å²) < 4.78 is 39.8. The van der Waals surface area contributed by atoms with Gasteiger partial charge in [0.25, 0.3) is 11.3 Å². The van der Waals surface area contributed by atoms with E-state index < -0.39 is 29.6 Å². The highest BCUT2D eigenvalue weighted by Gasteiger charge is 2.16. The van der Waals surface area contributed by atoms with Crippen molar-refractivity contribution >= 4 is 45.9 Å². The molecule has 10 heteroatoms. The van der Waals surface area contributed by atoms with Gasteiger partial charge in [0.15, 0.2) is 0 Å². The van der Waals surface area contributed by atoms with Gasteiger partial charge in [-0.15, -0.1) is 0 Å². The van der Waals surface area contributed by atoms with Crippen LogP contribution in [0.4, 0.5) is 18.9 Å². The van der Waals surface area contributed by atoms with Gasteiger partial charge in [-0.3, -0.25) is 14.2 Å². The smallest absolute Gasteiger partial charge is 0.289 e. The van der Waals surface area contributed by atoms with Gasteiger partial charge in [0.1, 0.15) is 12.4 Å². The molecule has 1 aromatic heterocycles. The van der Waals surface area contributed by atoms with E-state index in [9.17, 15) is 22.8 Å². The molecule has 27 heavy (non-hydrogen) atoms. The lowest BCUT2D eigenvalue weighted by Gasteiger charge is -2.12. The molecule has 0 aliphatic carbocycles. The summed E-state index contributed by atoms with van der Waals surface area (Å²) in [6, 6.07) is 7.91. The molecule has 140 valence electrons. The van der Waals surface area contributed by atoms with E-state index in [2.05, 4.69) is 10.3 Å². The molecule has 0 saturated heterocycles. The maximum atomic E-state index is 13.4. The van der Waals surface area contributed by atoms with Gasteiger partial charge in [-0.25, -0.2) is 9.37 Å².